The zero-order valence-electron chi connectivity index (χ0n) is 12.1. The molecule has 2 N–H and O–H groups in total. The lowest BCUT2D eigenvalue weighted by molar-refractivity contribution is -0.129. The lowest BCUT2D eigenvalue weighted by atomic mass is 9.94. The Balaban J connectivity index is 1.48. The molecule has 110 valence electrons. The van der Waals surface area contributed by atoms with Crippen molar-refractivity contribution in [1.29, 1.82) is 0 Å². The summed E-state index contributed by atoms with van der Waals surface area (Å²) in [7, 11) is 0. The van der Waals surface area contributed by atoms with Crippen molar-refractivity contribution in [3.8, 4) is 0 Å². The van der Waals surface area contributed by atoms with Crippen LogP contribution in [-0.2, 0) is 11.2 Å². The first kappa shape index (κ1) is 12.9. The number of aromatic amines is 1. The lowest BCUT2D eigenvalue weighted by Crippen LogP contribution is -2.41. The number of likely N-dealkylation sites (tertiary alicyclic amines) is 1. The van der Waals surface area contributed by atoms with E-state index in [1.54, 1.807) is 0 Å². The number of nitrogens with one attached hydrogen (secondary N) is 2. The zero-order chi connectivity index (χ0) is 14.2. The molecular formula is C17H21N3O. The average molecular weight is 283 g/mol. The Morgan fingerprint density at radius 3 is 3.10 bits per heavy atom. The molecule has 21 heavy (non-hydrogen) atoms. The lowest BCUT2D eigenvalue weighted by Gasteiger charge is -2.24. The molecule has 0 bridgehead atoms. The summed E-state index contributed by atoms with van der Waals surface area (Å²) in [6.07, 6.45) is 4.98. The maximum atomic E-state index is 12.6. The summed E-state index contributed by atoms with van der Waals surface area (Å²) in [5, 5.41) is 4.72. The minimum absolute atomic E-state index is 0.260. The van der Waals surface area contributed by atoms with E-state index in [9.17, 15) is 4.79 Å². The Morgan fingerprint density at radius 2 is 2.19 bits per heavy atom. The van der Waals surface area contributed by atoms with Crippen LogP contribution in [0, 0.1) is 5.92 Å². The molecule has 2 atom stereocenters. The minimum atomic E-state index is 0.260. The van der Waals surface area contributed by atoms with Crippen LogP contribution in [-0.4, -0.2) is 41.5 Å². The third-order valence-electron chi connectivity index (χ3n) is 4.97. The first-order valence-corrected chi connectivity index (χ1v) is 7.87. The van der Waals surface area contributed by atoms with Crippen LogP contribution in [0.15, 0.2) is 30.5 Å². The van der Waals surface area contributed by atoms with Crippen molar-refractivity contribution in [3.63, 3.8) is 0 Å². The monoisotopic (exact) mass is 283 g/mol. The molecule has 0 saturated carbocycles. The highest BCUT2D eigenvalue weighted by molar-refractivity contribution is 5.89. The fourth-order valence-electron chi connectivity index (χ4n) is 3.80. The highest BCUT2D eigenvalue weighted by Crippen LogP contribution is 2.26. The molecule has 2 saturated heterocycles. The SMILES string of the molecule is O=C(Cc1c[nH]c2ccccc12)N1CC2CCCNC2C1. The molecule has 1 aromatic heterocycles. The molecular weight excluding hydrogens is 262 g/mol. The fraction of sp³-hybridized carbons (Fsp3) is 0.471. The van der Waals surface area contributed by atoms with Gasteiger partial charge in [-0.1, -0.05) is 18.2 Å². The topological polar surface area (TPSA) is 48.1 Å². The van der Waals surface area contributed by atoms with Gasteiger partial charge in [-0.05, 0) is 36.9 Å². The molecule has 4 rings (SSSR count). The number of amides is 1. The number of benzene rings is 1. The van der Waals surface area contributed by atoms with Crippen molar-refractivity contribution in [2.75, 3.05) is 19.6 Å². The van der Waals surface area contributed by atoms with E-state index in [1.807, 2.05) is 18.3 Å². The van der Waals surface area contributed by atoms with Gasteiger partial charge >= 0.3 is 0 Å². The van der Waals surface area contributed by atoms with E-state index in [4.69, 9.17) is 0 Å². The van der Waals surface area contributed by atoms with Crippen molar-refractivity contribution in [2.24, 2.45) is 5.92 Å². The number of nitrogens with zero attached hydrogens (tertiary/aromatic N) is 1. The highest BCUT2D eigenvalue weighted by Gasteiger charge is 2.36. The molecule has 2 aromatic rings. The molecule has 4 heteroatoms. The Morgan fingerprint density at radius 1 is 1.29 bits per heavy atom. The number of para-hydroxylation sites is 1. The second-order valence-electron chi connectivity index (χ2n) is 6.30. The van der Waals surface area contributed by atoms with Crippen LogP contribution < -0.4 is 5.32 Å². The molecule has 1 aromatic carbocycles. The van der Waals surface area contributed by atoms with E-state index in [0.717, 1.165) is 30.7 Å². The number of H-pyrrole nitrogens is 1. The zero-order valence-corrected chi connectivity index (χ0v) is 12.1. The van der Waals surface area contributed by atoms with Crippen LogP contribution in [0.5, 0.6) is 0 Å². The Hall–Kier alpha value is -1.81. The van der Waals surface area contributed by atoms with Gasteiger partial charge in [0.25, 0.3) is 0 Å². The maximum absolute atomic E-state index is 12.6. The highest BCUT2D eigenvalue weighted by atomic mass is 16.2. The second-order valence-corrected chi connectivity index (χ2v) is 6.30. The number of aromatic nitrogens is 1. The normalized spacial score (nSPS) is 25.2. The number of hydrogen-bond acceptors (Lipinski definition) is 2. The van der Waals surface area contributed by atoms with Gasteiger partial charge in [0.05, 0.1) is 6.42 Å². The summed E-state index contributed by atoms with van der Waals surface area (Å²) in [5.74, 6) is 0.918. The van der Waals surface area contributed by atoms with Crippen molar-refractivity contribution in [1.82, 2.24) is 15.2 Å². The van der Waals surface area contributed by atoms with Crippen molar-refractivity contribution >= 4 is 16.8 Å². The number of hydrogen-bond donors (Lipinski definition) is 2. The van der Waals surface area contributed by atoms with Gasteiger partial charge in [-0.15, -0.1) is 0 Å². The van der Waals surface area contributed by atoms with Crippen LogP contribution in [0.25, 0.3) is 10.9 Å². The Bertz CT molecular complexity index is 649. The largest absolute Gasteiger partial charge is 0.361 e. The minimum Gasteiger partial charge on any atom is -0.361 e. The summed E-state index contributed by atoms with van der Waals surface area (Å²) in [5.41, 5.74) is 2.22. The van der Waals surface area contributed by atoms with Gasteiger partial charge in [-0.3, -0.25) is 4.79 Å². The molecule has 0 spiro atoms. The van der Waals surface area contributed by atoms with E-state index in [-0.39, 0.29) is 5.91 Å². The molecule has 2 fully saturated rings. The summed E-state index contributed by atoms with van der Waals surface area (Å²) in [4.78, 5) is 17.9. The molecule has 2 aliphatic rings. The smallest absolute Gasteiger partial charge is 0.227 e. The number of rotatable bonds is 2. The number of carbonyl (C=O) groups excluding carboxylic acids is 1. The fourth-order valence-corrected chi connectivity index (χ4v) is 3.80. The van der Waals surface area contributed by atoms with E-state index in [1.165, 1.54) is 18.2 Å². The van der Waals surface area contributed by atoms with Gasteiger partial charge in [0.2, 0.25) is 5.91 Å². The van der Waals surface area contributed by atoms with E-state index >= 15 is 0 Å². The molecule has 2 unspecified atom stereocenters. The molecule has 0 aliphatic carbocycles. The van der Waals surface area contributed by atoms with Gasteiger partial charge < -0.3 is 15.2 Å². The quantitative estimate of drug-likeness (QED) is 0.884. The molecule has 0 radical (unpaired) electrons. The first-order valence-electron chi connectivity index (χ1n) is 7.87. The molecule has 1 amide bonds. The van der Waals surface area contributed by atoms with Crippen LogP contribution in [0.2, 0.25) is 0 Å². The summed E-state index contributed by atoms with van der Waals surface area (Å²) in [6.45, 7) is 2.91. The van der Waals surface area contributed by atoms with Crippen LogP contribution in [0.3, 0.4) is 0 Å². The summed E-state index contributed by atoms with van der Waals surface area (Å²) >= 11 is 0. The van der Waals surface area contributed by atoms with Crippen LogP contribution >= 0.6 is 0 Å². The van der Waals surface area contributed by atoms with Crippen molar-refractivity contribution in [3.05, 3.63) is 36.0 Å². The molecule has 2 aliphatic heterocycles. The maximum Gasteiger partial charge on any atom is 0.227 e. The number of carbonyl (C=O) groups is 1. The third-order valence-corrected chi connectivity index (χ3v) is 4.97. The molecule has 3 heterocycles. The molecule has 4 nitrogen and oxygen atoms in total. The van der Waals surface area contributed by atoms with Gasteiger partial charge in [-0.2, -0.15) is 0 Å². The van der Waals surface area contributed by atoms with E-state index in [2.05, 4.69) is 27.3 Å². The summed E-state index contributed by atoms with van der Waals surface area (Å²) < 4.78 is 0. The van der Waals surface area contributed by atoms with Crippen LogP contribution in [0.1, 0.15) is 18.4 Å². The van der Waals surface area contributed by atoms with Crippen molar-refractivity contribution in [2.45, 2.75) is 25.3 Å². The average Bonchev–Trinajstić information content (AvgIpc) is 3.11. The first-order chi connectivity index (χ1) is 10.3. The Labute approximate surface area is 124 Å². The van der Waals surface area contributed by atoms with Gasteiger partial charge in [0.1, 0.15) is 0 Å². The van der Waals surface area contributed by atoms with Gasteiger partial charge in [0, 0.05) is 36.2 Å². The van der Waals surface area contributed by atoms with Crippen LogP contribution in [0.4, 0.5) is 0 Å². The van der Waals surface area contributed by atoms with Gasteiger partial charge in [-0.25, -0.2) is 0 Å². The predicted octanol–water partition coefficient (Wildman–Crippen LogP) is 1.92. The van der Waals surface area contributed by atoms with E-state index in [0.29, 0.717) is 18.4 Å². The summed E-state index contributed by atoms with van der Waals surface area (Å²) in [6, 6.07) is 8.70. The van der Waals surface area contributed by atoms with Crippen molar-refractivity contribution < 1.29 is 4.79 Å². The number of fused-ring (bicyclic) bond motifs is 2. The predicted molar refractivity (Wildman–Crippen MR) is 83.1 cm³/mol. The standard InChI is InChI=1S/C17H21N3O/c21-17(20-10-12-4-3-7-18-16(12)11-20)8-13-9-19-15-6-2-1-5-14(13)15/h1-2,5-6,9,12,16,18-19H,3-4,7-8,10-11H2. The third kappa shape index (κ3) is 2.33. The van der Waals surface area contributed by atoms with Gasteiger partial charge in [0.15, 0.2) is 0 Å². The number of piperidine rings is 1. The Kier molecular flexibility index (Phi) is 3.19. The second kappa shape index (κ2) is 5.19. The van der Waals surface area contributed by atoms with E-state index < -0.39 is 0 Å².